The maximum Gasteiger partial charge on any atom is 0.228 e. The molecule has 0 atom stereocenters. The van der Waals surface area contributed by atoms with Gasteiger partial charge in [-0.25, -0.2) is 9.37 Å². The molecule has 1 aromatic carbocycles. The summed E-state index contributed by atoms with van der Waals surface area (Å²) in [4.78, 5) is 15.7. The molecule has 7 heteroatoms. The van der Waals surface area contributed by atoms with Crippen molar-refractivity contribution in [2.24, 2.45) is 5.92 Å². The summed E-state index contributed by atoms with van der Waals surface area (Å²) < 4.78 is 33.0. The number of rotatable bonds is 5. The Morgan fingerprint density at radius 3 is 2.74 bits per heavy atom. The molecule has 1 aliphatic carbocycles. The van der Waals surface area contributed by atoms with Crippen molar-refractivity contribution in [1.29, 1.82) is 0 Å². The van der Waals surface area contributed by atoms with Crippen LogP contribution in [0, 0.1) is 17.6 Å². The number of ether oxygens (including phenoxy) is 1. The monoisotopic (exact) mass is 319 g/mol. The van der Waals surface area contributed by atoms with Crippen molar-refractivity contribution >= 4 is 17.4 Å². The number of halogens is 2. The first kappa shape index (κ1) is 15.2. The first-order valence-electron chi connectivity index (χ1n) is 7.19. The molecule has 2 aromatic rings. The maximum atomic E-state index is 13.9. The van der Waals surface area contributed by atoms with E-state index in [9.17, 15) is 13.6 Å². The van der Waals surface area contributed by atoms with Crippen LogP contribution in [0.3, 0.4) is 0 Å². The van der Waals surface area contributed by atoms with Gasteiger partial charge in [-0.15, -0.1) is 0 Å². The van der Waals surface area contributed by atoms with E-state index in [0.29, 0.717) is 5.82 Å². The third-order valence-corrected chi connectivity index (χ3v) is 3.47. The van der Waals surface area contributed by atoms with Gasteiger partial charge in [0.15, 0.2) is 11.6 Å². The van der Waals surface area contributed by atoms with E-state index in [1.165, 1.54) is 37.5 Å². The van der Waals surface area contributed by atoms with Crippen LogP contribution in [0.4, 0.5) is 20.3 Å². The number of carbonyl (C=O) groups excluding carboxylic acids is 1. The lowest BCUT2D eigenvalue weighted by Crippen LogP contribution is -2.14. The lowest BCUT2D eigenvalue weighted by molar-refractivity contribution is -0.117. The molecule has 0 spiro atoms. The van der Waals surface area contributed by atoms with Crippen LogP contribution in [0.2, 0.25) is 0 Å². The second-order valence-electron chi connectivity index (χ2n) is 5.23. The van der Waals surface area contributed by atoms with Gasteiger partial charge in [-0.1, -0.05) is 0 Å². The second-order valence-corrected chi connectivity index (χ2v) is 5.23. The highest BCUT2D eigenvalue weighted by molar-refractivity contribution is 5.93. The Morgan fingerprint density at radius 1 is 1.26 bits per heavy atom. The van der Waals surface area contributed by atoms with E-state index < -0.39 is 11.6 Å². The number of amides is 1. The van der Waals surface area contributed by atoms with Crippen molar-refractivity contribution in [2.45, 2.75) is 12.8 Å². The molecule has 1 aliphatic rings. The Bertz CT molecular complexity index is 748. The number of pyridine rings is 1. The van der Waals surface area contributed by atoms with Gasteiger partial charge in [-0.3, -0.25) is 4.79 Å². The Morgan fingerprint density at radius 2 is 2.04 bits per heavy atom. The van der Waals surface area contributed by atoms with E-state index in [2.05, 4.69) is 15.6 Å². The Hall–Kier alpha value is -2.70. The van der Waals surface area contributed by atoms with E-state index in [1.807, 2.05) is 0 Å². The van der Waals surface area contributed by atoms with Crippen LogP contribution in [0.25, 0.3) is 0 Å². The van der Waals surface area contributed by atoms with E-state index >= 15 is 0 Å². The number of hydrogen-bond donors (Lipinski definition) is 2. The molecule has 5 nitrogen and oxygen atoms in total. The number of anilines is 2. The van der Waals surface area contributed by atoms with Gasteiger partial charge in [0.05, 0.1) is 5.69 Å². The smallest absolute Gasteiger partial charge is 0.228 e. The first-order valence-corrected chi connectivity index (χ1v) is 7.19. The number of nitrogens with zero attached hydrogens (tertiary/aromatic N) is 1. The minimum Gasteiger partial charge on any atom is -0.454 e. The van der Waals surface area contributed by atoms with Crippen LogP contribution < -0.4 is 15.4 Å². The van der Waals surface area contributed by atoms with Crippen molar-refractivity contribution in [3.05, 3.63) is 42.1 Å². The van der Waals surface area contributed by atoms with Crippen LogP contribution in [-0.2, 0) is 4.79 Å². The zero-order valence-electron chi connectivity index (χ0n) is 12.4. The molecule has 1 amide bonds. The molecule has 1 fully saturated rings. The Balaban J connectivity index is 1.77. The topological polar surface area (TPSA) is 63.2 Å². The Kier molecular flexibility index (Phi) is 4.10. The molecule has 120 valence electrons. The van der Waals surface area contributed by atoms with Gasteiger partial charge >= 0.3 is 0 Å². The Labute approximate surface area is 131 Å². The maximum absolute atomic E-state index is 13.9. The van der Waals surface area contributed by atoms with E-state index in [-0.39, 0.29) is 29.0 Å². The fourth-order valence-electron chi connectivity index (χ4n) is 2.05. The molecule has 23 heavy (non-hydrogen) atoms. The van der Waals surface area contributed by atoms with Crippen molar-refractivity contribution < 1.29 is 18.3 Å². The second kappa shape index (κ2) is 6.20. The van der Waals surface area contributed by atoms with Gasteiger partial charge in [0.25, 0.3) is 0 Å². The van der Waals surface area contributed by atoms with Crippen LogP contribution in [-0.4, -0.2) is 17.9 Å². The summed E-state index contributed by atoms with van der Waals surface area (Å²) in [6, 6.07) is 5.66. The lowest BCUT2D eigenvalue weighted by Gasteiger charge is -2.10. The molecular formula is C16H15F2N3O2. The van der Waals surface area contributed by atoms with Gasteiger partial charge < -0.3 is 15.4 Å². The fourth-order valence-corrected chi connectivity index (χ4v) is 2.05. The van der Waals surface area contributed by atoms with Crippen molar-refractivity contribution in [1.82, 2.24) is 4.98 Å². The summed E-state index contributed by atoms with van der Waals surface area (Å²) in [5.74, 6) is -1.83. The molecule has 0 aliphatic heterocycles. The zero-order valence-corrected chi connectivity index (χ0v) is 12.4. The number of nitrogens with one attached hydrogen (secondary N) is 2. The van der Waals surface area contributed by atoms with Crippen molar-refractivity contribution in [3.8, 4) is 11.5 Å². The number of benzene rings is 1. The largest absolute Gasteiger partial charge is 0.454 e. The van der Waals surface area contributed by atoms with E-state index in [4.69, 9.17) is 4.74 Å². The highest BCUT2D eigenvalue weighted by Crippen LogP contribution is 2.32. The number of hydrogen-bond acceptors (Lipinski definition) is 4. The zero-order chi connectivity index (χ0) is 16.4. The van der Waals surface area contributed by atoms with Crippen LogP contribution in [0.15, 0.2) is 30.5 Å². The van der Waals surface area contributed by atoms with E-state index in [1.54, 1.807) is 0 Å². The minimum atomic E-state index is -1.09. The molecular weight excluding hydrogens is 304 g/mol. The summed E-state index contributed by atoms with van der Waals surface area (Å²) in [6.45, 7) is 0. The van der Waals surface area contributed by atoms with Gasteiger partial charge in [0, 0.05) is 25.2 Å². The molecule has 3 rings (SSSR count). The lowest BCUT2D eigenvalue weighted by atomic mass is 10.2. The fraction of sp³-hybridized carbons (Fsp3) is 0.250. The van der Waals surface area contributed by atoms with Crippen LogP contribution >= 0.6 is 0 Å². The van der Waals surface area contributed by atoms with Gasteiger partial charge in [0.2, 0.25) is 11.7 Å². The standard InChI is InChI=1S/C16H15F2N3O2/c1-19-11-4-5-12(15(18)14(11)17)23-10-6-7-20-13(8-10)21-16(22)9-2-3-9/h4-9,19H,2-3H2,1H3,(H,20,21,22). The highest BCUT2D eigenvalue weighted by Gasteiger charge is 2.29. The van der Waals surface area contributed by atoms with Crippen molar-refractivity contribution in [2.75, 3.05) is 17.7 Å². The normalized spacial score (nSPS) is 13.5. The molecule has 1 heterocycles. The summed E-state index contributed by atoms with van der Waals surface area (Å²) in [5.41, 5.74) is 0.0435. The van der Waals surface area contributed by atoms with Gasteiger partial charge in [-0.2, -0.15) is 4.39 Å². The predicted molar refractivity (Wildman–Crippen MR) is 81.6 cm³/mol. The van der Waals surface area contributed by atoms with Gasteiger partial charge in [-0.05, 0) is 31.0 Å². The SMILES string of the molecule is CNc1ccc(Oc2ccnc(NC(=O)C3CC3)c2)c(F)c1F. The summed E-state index contributed by atoms with van der Waals surface area (Å²) in [6.07, 6.45) is 3.18. The summed E-state index contributed by atoms with van der Waals surface area (Å²) in [7, 11) is 1.50. The summed E-state index contributed by atoms with van der Waals surface area (Å²) in [5, 5.41) is 5.21. The molecule has 1 aromatic heterocycles. The van der Waals surface area contributed by atoms with E-state index in [0.717, 1.165) is 12.8 Å². The molecule has 0 saturated heterocycles. The third-order valence-electron chi connectivity index (χ3n) is 3.47. The summed E-state index contributed by atoms with van der Waals surface area (Å²) >= 11 is 0. The van der Waals surface area contributed by atoms with Crippen LogP contribution in [0.5, 0.6) is 11.5 Å². The molecule has 0 radical (unpaired) electrons. The average Bonchev–Trinajstić information content (AvgIpc) is 3.37. The quantitative estimate of drug-likeness (QED) is 0.885. The van der Waals surface area contributed by atoms with Gasteiger partial charge in [0.1, 0.15) is 11.6 Å². The molecule has 0 unspecified atom stereocenters. The molecule has 2 N–H and O–H groups in total. The third kappa shape index (κ3) is 3.39. The minimum absolute atomic E-state index is 0.0435. The average molecular weight is 319 g/mol. The first-order chi connectivity index (χ1) is 11.1. The molecule has 1 saturated carbocycles. The van der Waals surface area contributed by atoms with Crippen LogP contribution in [0.1, 0.15) is 12.8 Å². The number of aromatic nitrogens is 1. The number of carbonyl (C=O) groups is 1. The predicted octanol–water partition coefficient (Wildman–Crippen LogP) is 3.54. The molecule has 0 bridgehead atoms. The van der Waals surface area contributed by atoms with Crippen molar-refractivity contribution in [3.63, 3.8) is 0 Å². The highest BCUT2D eigenvalue weighted by atomic mass is 19.2.